The molecule has 1 fully saturated rings. The Balaban J connectivity index is 2.40. The van der Waals surface area contributed by atoms with Gasteiger partial charge in [-0.25, -0.2) is 4.79 Å². The van der Waals surface area contributed by atoms with Crippen molar-refractivity contribution < 1.29 is 56.4 Å². The number of esters is 4. The van der Waals surface area contributed by atoms with E-state index >= 15 is 8.78 Å². The van der Waals surface area contributed by atoms with Crippen molar-refractivity contribution in [1.29, 1.82) is 0 Å². The summed E-state index contributed by atoms with van der Waals surface area (Å²) in [7, 11) is 0. The van der Waals surface area contributed by atoms with Crippen molar-refractivity contribution in [3.05, 3.63) is 35.9 Å². The summed E-state index contributed by atoms with van der Waals surface area (Å²) in [5, 5.41) is 0. The lowest BCUT2D eigenvalue weighted by atomic mass is 9.85. The van der Waals surface area contributed by atoms with Gasteiger partial charge in [-0.2, -0.15) is 8.78 Å². The van der Waals surface area contributed by atoms with Gasteiger partial charge in [-0.3, -0.25) is 14.4 Å². The van der Waals surface area contributed by atoms with Crippen LogP contribution in [0.1, 0.15) is 39.7 Å². The van der Waals surface area contributed by atoms with Gasteiger partial charge in [-0.05, 0) is 25.3 Å². The van der Waals surface area contributed by atoms with Crippen molar-refractivity contribution in [3.8, 4) is 0 Å². The lowest BCUT2D eigenvalue weighted by Gasteiger charge is -2.46. The second-order valence-corrected chi connectivity index (χ2v) is 8.32. The van der Waals surface area contributed by atoms with E-state index in [9.17, 15) is 19.2 Å². The van der Waals surface area contributed by atoms with Gasteiger partial charge in [0.15, 0.2) is 18.5 Å². The molecule has 1 heterocycles. The summed E-state index contributed by atoms with van der Waals surface area (Å²) in [5.41, 5.74) is 0.990. The van der Waals surface area contributed by atoms with Gasteiger partial charge in [0.25, 0.3) is 0 Å². The van der Waals surface area contributed by atoms with E-state index in [2.05, 4.69) is 4.74 Å². The van der Waals surface area contributed by atoms with Gasteiger partial charge in [0.2, 0.25) is 0 Å². The van der Waals surface area contributed by atoms with Crippen LogP contribution in [0, 0.1) is 5.92 Å². The van der Waals surface area contributed by atoms with Crippen LogP contribution in [0.3, 0.4) is 0 Å². The number of benzene rings is 1. The maximum atomic E-state index is 15.5. The molecule has 5 atom stereocenters. The van der Waals surface area contributed by atoms with Gasteiger partial charge >= 0.3 is 29.8 Å². The molecule has 0 unspecified atom stereocenters. The average molecular weight is 531 g/mol. The molecule has 1 aliphatic heterocycles. The molecule has 0 saturated carbocycles. The molecule has 1 aliphatic rings. The summed E-state index contributed by atoms with van der Waals surface area (Å²) in [4.78, 5) is 47.4. The molecule has 37 heavy (non-hydrogen) atoms. The summed E-state index contributed by atoms with van der Waals surface area (Å²) in [5.74, 6) is -11.0. The van der Waals surface area contributed by atoms with E-state index in [1.807, 2.05) is 30.3 Å². The first-order valence-corrected chi connectivity index (χ1v) is 11.8. The van der Waals surface area contributed by atoms with E-state index in [-0.39, 0.29) is 13.2 Å². The molecule has 2 rings (SSSR count). The third-order valence-corrected chi connectivity index (χ3v) is 5.40. The molecule has 0 radical (unpaired) electrons. The first-order chi connectivity index (χ1) is 17.5. The molecular formula is C25H32F2O10. The maximum Gasteiger partial charge on any atom is 0.377 e. The van der Waals surface area contributed by atoms with Crippen molar-refractivity contribution in [2.24, 2.45) is 5.92 Å². The number of carbonyl (C=O) groups excluding carboxylic acids is 4. The van der Waals surface area contributed by atoms with Crippen LogP contribution in [0.2, 0.25) is 0 Å². The number of rotatable bonds is 12. The normalized spacial score (nSPS) is 23.6. The third kappa shape index (κ3) is 8.74. The standard InChI is InChI=1S/C25H32F2O10/c1-5-32-24(31)25(26,27)20-22(36-17(4)30)21(35-16(3)29)19(14-34-15(2)28)37-23(20)33-13-9-12-18-10-7-6-8-11-18/h6-8,10-11,19-23H,5,9,12-14H2,1-4H3/t19-,20-,21-,22-,23-/m1/s1. The van der Waals surface area contributed by atoms with Crippen molar-refractivity contribution in [2.45, 2.75) is 71.1 Å². The number of aryl methyl sites for hydroxylation is 1. The molecule has 1 aromatic carbocycles. The number of ether oxygens (including phenoxy) is 6. The molecule has 0 aliphatic carbocycles. The molecule has 0 N–H and O–H groups in total. The first-order valence-electron chi connectivity index (χ1n) is 11.8. The van der Waals surface area contributed by atoms with Gasteiger partial charge in [-0.1, -0.05) is 30.3 Å². The Morgan fingerprint density at radius 1 is 0.919 bits per heavy atom. The van der Waals surface area contributed by atoms with E-state index in [1.165, 1.54) is 6.92 Å². The summed E-state index contributed by atoms with van der Waals surface area (Å²) in [6, 6.07) is 9.36. The molecule has 1 saturated heterocycles. The lowest BCUT2D eigenvalue weighted by molar-refractivity contribution is -0.322. The van der Waals surface area contributed by atoms with Crippen molar-refractivity contribution in [3.63, 3.8) is 0 Å². The largest absolute Gasteiger partial charge is 0.463 e. The zero-order chi connectivity index (χ0) is 27.6. The predicted octanol–water partition coefficient (Wildman–Crippen LogP) is 2.60. The fourth-order valence-corrected chi connectivity index (χ4v) is 3.91. The van der Waals surface area contributed by atoms with Gasteiger partial charge in [0.05, 0.1) is 13.2 Å². The minimum absolute atomic E-state index is 0.0692. The quantitative estimate of drug-likeness (QED) is 0.226. The number of hydrogen-bond acceptors (Lipinski definition) is 10. The van der Waals surface area contributed by atoms with Crippen LogP contribution in [0.15, 0.2) is 30.3 Å². The highest BCUT2D eigenvalue weighted by Crippen LogP contribution is 2.42. The van der Waals surface area contributed by atoms with E-state index in [0.717, 1.165) is 26.3 Å². The molecule has 206 valence electrons. The number of alkyl halides is 2. The monoisotopic (exact) mass is 530 g/mol. The van der Waals surface area contributed by atoms with Crippen LogP contribution in [0.25, 0.3) is 0 Å². The summed E-state index contributed by atoms with van der Waals surface area (Å²) in [6.07, 6.45) is -5.73. The van der Waals surface area contributed by atoms with Crippen molar-refractivity contribution >= 4 is 23.9 Å². The fraction of sp³-hybridized carbons (Fsp3) is 0.600. The van der Waals surface area contributed by atoms with Gasteiger partial charge in [0.1, 0.15) is 18.6 Å². The fourth-order valence-electron chi connectivity index (χ4n) is 3.91. The van der Waals surface area contributed by atoms with Gasteiger partial charge in [0, 0.05) is 20.8 Å². The van der Waals surface area contributed by atoms with E-state index < -0.39 is 66.9 Å². The van der Waals surface area contributed by atoms with Crippen molar-refractivity contribution in [1.82, 2.24) is 0 Å². The molecular weight excluding hydrogens is 498 g/mol. The minimum atomic E-state index is -4.27. The van der Waals surface area contributed by atoms with Gasteiger partial charge in [-0.15, -0.1) is 0 Å². The second kappa shape index (κ2) is 14.0. The zero-order valence-electron chi connectivity index (χ0n) is 21.1. The Labute approximate surface area is 213 Å². The highest BCUT2D eigenvalue weighted by molar-refractivity contribution is 5.78. The van der Waals surface area contributed by atoms with Crippen LogP contribution in [0.4, 0.5) is 8.78 Å². The maximum absolute atomic E-state index is 15.5. The topological polar surface area (TPSA) is 124 Å². The van der Waals surface area contributed by atoms with E-state index in [1.54, 1.807) is 0 Å². The van der Waals surface area contributed by atoms with Gasteiger partial charge < -0.3 is 28.4 Å². The first kappa shape index (κ1) is 30.1. The molecule has 0 amide bonds. The molecule has 10 nitrogen and oxygen atoms in total. The third-order valence-electron chi connectivity index (χ3n) is 5.40. The zero-order valence-corrected chi connectivity index (χ0v) is 21.1. The number of carbonyl (C=O) groups is 4. The van der Waals surface area contributed by atoms with Crippen molar-refractivity contribution in [2.75, 3.05) is 19.8 Å². The molecule has 0 spiro atoms. The highest BCUT2D eigenvalue weighted by atomic mass is 19.3. The Hall–Kier alpha value is -3.12. The lowest BCUT2D eigenvalue weighted by Crippen LogP contribution is -2.65. The Kier molecular flexibility index (Phi) is 11.4. The molecule has 12 heteroatoms. The van der Waals surface area contributed by atoms with E-state index in [4.69, 9.17) is 23.7 Å². The Bertz CT molecular complexity index is 923. The smallest absolute Gasteiger partial charge is 0.377 e. The SMILES string of the molecule is CCOC(=O)C(F)(F)[C@H]1[C@H](OCCCc2ccccc2)O[C@H](COC(C)=O)[C@@H](OC(C)=O)[C@@H]1OC(C)=O. The van der Waals surface area contributed by atoms with Crippen LogP contribution in [0.5, 0.6) is 0 Å². The van der Waals surface area contributed by atoms with Crippen LogP contribution < -0.4 is 0 Å². The summed E-state index contributed by atoms with van der Waals surface area (Å²) >= 11 is 0. The Morgan fingerprint density at radius 3 is 2.11 bits per heavy atom. The highest BCUT2D eigenvalue weighted by Gasteiger charge is 2.64. The summed E-state index contributed by atoms with van der Waals surface area (Å²) in [6.45, 7) is 3.51. The minimum Gasteiger partial charge on any atom is -0.463 e. The molecule has 0 aromatic heterocycles. The second-order valence-electron chi connectivity index (χ2n) is 8.32. The van der Waals surface area contributed by atoms with Crippen LogP contribution in [-0.2, 0) is 54.0 Å². The predicted molar refractivity (Wildman–Crippen MR) is 122 cm³/mol. The van der Waals surface area contributed by atoms with E-state index in [0.29, 0.717) is 12.8 Å². The molecule has 0 bridgehead atoms. The molecule has 1 aromatic rings. The number of halogens is 2. The Morgan fingerprint density at radius 2 is 1.54 bits per heavy atom. The van der Waals surface area contributed by atoms with Crippen LogP contribution in [-0.4, -0.2) is 74.2 Å². The van der Waals surface area contributed by atoms with Crippen LogP contribution >= 0.6 is 0 Å². The average Bonchev–Trinajstić information content (AvgIpc) is 2.82. The number of hydrogen-bond donors (Lipinski definition) is 0. The summed E-state index contributed by atoms with van der Waals surface area (Å²) < 4.78 is 62.2.